The largest absolute Gasteiger partial charge is 0.458 e. The smallest absolute Gasteiger partial charge is 0.408 e. The molecule has 10 heteroatoms. The zero-order valence-corrected chi connectivity index (χ0v) is 19.0. The molecule has 3 N–H and O–H groups in total. The molecule has 1 aromatic heterocycles. The van der Waals surface area contributed by atoms with Crippen molar-refractivity contribution in [2.24, 2.45) is 0 Å². The second-order valence-corrected chi connectivity index (χ2v) is 11.4. The van der Waals surface area contributed by atoms with Gasteiger partial charge in [-0.05, 0) is 66.4 Å². The first-order chi connectivity index (χ1) is 13.2. The van der Waals surface area contributed by atoms with Crippen molar-refractivity contribution < 1.29 is 23.3 Å². The van der Waals surface area contributed by atoms with Gasteiger partial charge in [0.2, 0.25) is 0 Å². The molecular formula is C19H34N4O5S. The number of aryl methyl sites for hydroxylation is 1. The number of rotatable bonds is 9. The Morgan fingerprint density at radius 2 is 1.79 bits per heavy atom. The summed E-state index contributed by atoms with van der Waals surface area (Å²) < 4.78 is 31.2. The summed E-state index contributed by atoms with van der Waals surface area (Å²) in [5.41, 5.74) is -0.477. The van der Waals surface area contributed by atoms with Crippen LogP contribution in [0.3, 0.4) is 0 Å². The lowest BCUT2D eigenvalue weighted by molar-refractivity contribution is -0.157. The molecule has 0 aliphatic rings. The Hall–Kier alpha value is -2.10. The summed E-state index contributed by atoms with van der Waals surface area (Å²) in [4.78, 5) is 24.6. The highest BCUT2D eigenvalue weighted by atomic mass is 32.2. The average Bonchev–Trinajstić information content (AvgIpc) is 3.01. The second kappa shape index (κ2) is 10.1. The quantitative estimate of drug-likeness (QED) is 0.516. The molecule has 0 fully saturated rings. The number of hydrogen-bond donors (Lipinski definition) is 3. The van der Waals surface area contributed by atoms with E-state index in [9.17, 15) is 13.8 Å². The van der Waals surface area contributed by atoms with Crippen LogP contribution in [0.2, 0.25) is 0 Å². The number of carbonyl (C=O) groups is 2. The van der Waals surface area contributed by atoms with Crippen LogP contribution in [0.1, 0.15) is 59.9 Å². The highest BCUT2D eigenvalue weighted by Crippen LogP contribution is 2.13. The molecule has 9 nitrogen and oxygen atoms in total. The third-order valence-electron chi connectivity index (χ3n) is 3.61. The maximum absolute atomic E-state index is 12.6. The van der Waals surface area contributed by atoms with Gasteiger partial charge in [-0.1, -0.05) is 0 Å². The predicted octanol–water partition coefficient (Wildman–Crippen LogP) is 3.01. The van der Waals surface area contributed by atoms with Crippen LogP contribution in [0, 0.1) is 4.78 Å². The zero-order valence-electron chi connectivity index (χ0n) is 18.2. The topological polar surface area (TPSA) is 134 Å². The molecule has 1 unspecified atom stereocenters. The second-order valence-electron chi connectivity index (χ2n) is 8.95. The van der Waals surface area contributed by atoms with Crippen molar-refractivity contribution in [2.75, 3.05) is 11.5 Å². The molecule has 0 bridgehead atoms. The number of H-pyrrole nitrogens is 1. The summed E-state index contributed by atoms with van der Waals surface area (Å²) in [5, 5.41) is 9.05. The monoisotopic (exact) mass is 430 g/mol. The first kappa shape index (κ1) is 24.9. The van der Waals surface area contributed by atoms with E-state index in [1.54, 1.807) is 53.9 Å². The van der Waals surface area contributed by atoms with Gasteiger partial charge in [0.05, 0.1) is 6.20 Å². The van der Waals surface area contributed by atoms with Gasteiger partial charge in [-0.15, -0.1) is 0 Å². The predicted molar refractivity (Wildman–Crippen MR) is 111 cm³/mol. The Morgan fingerprint density at radius 3 is 2.31 bits per heavy atom. The summed E-state index contributed by atoms with van der Waals surface area (Å²) in [6, 6.07) is -1.04. The lowest BCUT2D eigenvalue weighted by Crippen LogP contribution is -2.46. The number of aromatic amines is 1. The Kier molecular flexibility index (Phi) is 8.67. The summed E-state index contributed by atoms with van der Waals surface area (Å²) in [7, 11) is -2.91. The van der Waals surface area contributed by atoms with Gasteiger partial charge >= 0.3 is 12.1 Å². The first-order valence-electron chi connectivity index (χ1n) is 9.61. The minimum absolute atomic E-state index is 0.0297. The first-order valence-corrected chi connectivity index (χ1v) is 11.5. The van der Waals surface area contributed by atoms with Crippen molar-refractivity contribution in [3.63, 3.8) is 0 Å². The average molecular weight is 431 g/mol. The van der Waals surface area contributed by atoms with Gasteiger partial charge < -0.3 is 14.8 Å². The van der Waals surface area contributed by atoms with Crippen molar-refractivity contribution in [3.05, 3.63) is 18.0 Å². The summed E-state index contributed by atoms with van der Waals surface area (Å²) >= 11 is 0. The maximum atomic E-state index is 12.6. The van der Waals surface area contributed by atoms with E-state index in [4.69, 9.17) is 14.3 Å². The molecule has 2 atom stereocenters. The molecular weight excluding hydrogens is 396 g/mol. The Labute approximate surface area is 173 Å². The van der Waals surface area contributed by atoms with Crippen LogP contribution in [-0.4, -0.2) is 55.2 Å². The van der Waals surface area contributed by atoms with Gasteiger partial charge in [0.15, 0.2) is 0 Å². The number of nitrogens with zero attached hydrogens (tertiary/aromatic N) is 1. The zero-order chi connectivity index (χ0) is 22.3. The molecule has 0 radical (unpaired) electrons. The number of hydrogen-bond acceptors (Lipinski definition) is 7. The number of ether oxygens (including phenoxy) is 2. The van der Waals surface area contributed by atoms with Gasteiger partial charge in [0, 0.05) is 27.4 Å². The highest BCUT2D eigenvalue weighted by molar-refractivity contribution is 7.92. The Balaban J connectivity index is 2.68. The lowest BCUT2D eigenvalue weighted by Gasteiger charge is -2.26. The van der Waals surface area contributed by atoms with E-state index in [0.29, 0.717) is 12.8 Å². The molecule has 0 saturated heterocycles. The van der Waals surface area contributed by atoms with Crippen LogP contribution >= 0.6 is 0 Å². The van der Waals surface area contributed by atoms with Crippen molar-refractivity contribution in [1.82, 2.24) is 15.5 Å². The molecule has 0 aromatic carbocycles. The Morgan fingerprint density at radius 1 is 1.17 bits per heavy atom. The lowest BCUT2D eigenvalue weighted by atomic mass is 10.1. The van der Waals surface area contributed by atoms with Crippen LogP contribution < -0.4 is 5.32 Å². The normalized spacial score (nSPS) is 15.2. The summed E-state index contributed by atoms with van der Waals surface area (Å²) in [6.07, 6.45) is 3.95. The molecule has 166 valence electrons. The fraction of sp³-hybridized carbons (Fsp3) is 0.737. The van der Waals surface area contributed by atoms with Crippen molar-refractivity contribution >= 4 is 21.8 Å². The van der Waals surface area contributed by atoms with E-state index in [0.717, 1.165) is 5.56 Å². The molecule has 1 aromatic rings. The van der Waals surface area contributed by atoms with Crippen LogP contribution in [-0.2, 0) is 30.4 Å². The van der Waals surface area contributed by atoms with E-state index < -0.39 is 39.0 Å². The van der Waals surface area contributed by atoms with Crippen LogP contribution in [0.4, 0.5) is 4.79 Å². The van der Waals surface area contributed by atoms with E-state index in [2.05, 4.69) is 15.5 Å². The van der Waals surface area contributed by atoms with Crippen molar-refractivity contribution in [1.29, 1.82) is 4.78 Å². The standard InChI is InChI=1S/C19H34N4O5S/c1-18(2,3)27-16(24)15(23-17(25)28-19(4,5)6)9-11-29(20,26)10-7-8-14-12-21-22-13-14/h12-13,15,20H,7-11H2,1-6H3,(H,21,22)(H,23,25)/t15-,29?/m0/s1. The van der Waals surface area contributed by atoms with Gasteiger partial charge in [-0.3, -0.25) is 9.88 Å². The molecule has 1 rings (SSSR count). The SMILES string of the molecule is CC(C)(C)OC(=O)N[C@@H](CCS(=N)(=O)CCCc1cn[nH]c1)C(=O)OC(C)(C)C. The highest BCUT2D eigenvalue weighted by Gasteiger charge is 2.29. The molecule has 0 aliphatic heterocycles. The third-order valence-corrected chi connectivity index (χ3v) is 5.46. The maximum Gasteiger partial charge on any atom is 0.408 e. The van der Waals surface area contributed by atoms with Gasteiger partial charge in [0.1, 0.15) is 17.2 Å². The fourth-order valence-corrected chi connectivity index (χ4v) is 3.84. The molecule has 0 aliphatic carbocycles. The van der Waals surface area contributed by atoms with Gasteiger partial charge in [-0.25, -0.2) is 13.8 Å². The van der Waals surface area contributed by atoms with E-state index in [1.165, 1.54) is 0 Å². The van der Waals surface area contributed by atoms with E-state index >= 15 is 0 Å². The third kappa shape index (κ3) is 11.5. The van der Waals surface area contributed by atoms with E-state index in [-0.39, 0.29) is 17.9 Å². The number of alkyl carbamates (subject to hydrolysis) is 1. The molecule has 29 heavy (non-hydrogen) atoms. The van der Waals surface area contributed by atoms with Gasteiger partial charge in [0.25, 0.3) is 0 Å². The van der Waals surface area contributed by atoms with Crippen molar-refractivity contribution in [3.8, 4) is 0 Å². The number of carbonyl (C=O) groups excluding carboxylic acids is 2. The Bertz CT molecular complexity index is 762. The van der Waals surface area contributed by atoms with Crippen molar-refractivity contribution in [2.45, 2.75) is 78.0 Å². The van der Waals surface area contributed by atoms with Gasteiger partial charge in [-0.2, -0.15) is 5.10 Å². The number of nitrogens with one attached hydrogen (secondary N) is 3. The number of amides is 1. The van der Waals surface area contributed by atoms with Crippen LogP contribution in [0.5, 0.6) is 0 Å². The number of aromatic nitrogens is 2. The molecule has 1 amide bonds. The summed E-state index contributed by atoms with van der Waals surface area (Å²) in [5.74, 6) is -0.471. The van der Waals surface area contributed by atoms with Crippen LogP contribution in [0.25, 0.3) is 0 Å². The molecule has 0 saturated carbocycles. The minimum Gasteiger partial charge on any atom is -0.458 e. The van der Waals surface area contributed by atoms with E-state index in [1.807, 2.05) is 0 Å². The number of esters is 1. The fourth-order valence-electron chi connectivity index (χ4n) is 2.41. The minimum atomic E-state index is -2.91. The molecule has 0 spiro atoms. The summed E-state index contributed by atoms with van der Waals surface area (Å²) in [6.45, 7) is 10.3. The molecule has 1 heterocycles. The van der Waals surface area contributed by atoms with Crippen LogP contribution in [0.15, 0.2) is 12.4 Å².